The molecule has 4 heterocycles. The number of hydrogen-bond acceptors (Lipinski definition) is 7. The molecule has 11 nitrogen and oxygen atoms in total. The van der Waals surface area contributed by atoms with Crippen molar-refractivity contribution in [1.82, 2.24) is 40.1 Å². The molecule has 4 aromatic rings. The van der Waals surface area contributed by atoms with Gasteiger partial charge in [-0.05, 0) is 49.6 Å². The van der Waals surface area contributed by atoms with Crippen LogP contribution in [-0.2, 0) is 23.9 Å². The minimum absolute atomic E-state index is 0.00440. The fraction of sp³-hybridized carbons (Fsp3) is 0.393. The Morgan fingerprint density at radius 3 is 2.66 bits per heavy atom. The Bertz CT molecular complexity index is 1640. The second-order valence-electron chi connectivity index (χ2n) is 10.2. The molecule has 0 radical (unpaired) electrons. The molecule has 0 bridgehead atoms. The molecule has 44 heavy (non-hydrogen) atoms. The first-order chi connectivity index (χ1) is 21.0. The number of aryl methyl sites for hydroxylation is 1. The fourth-order valence-electron chi connectivity index (χ4n) is 5.07. The monoisotopic (exact) mass is 619 g/mol. The maximum atomic E-state index is 13.7. The predicted octanol–water partition coefficient (Wildman–Crippen LogP) is 3.78. The van der Waals surface area contributed by atoms with Crippen molar-refractivity contribution >= 4 is 29.0 Å². The van der Waals surface area contributed by atoms with E-state index in [1.54, 1.807) is 18.2 Å². The molecule has 1 unspecified atom stereocenters. The topological polar surface area (TPSA) is 130 Å². The number of fused-ring (bicyclic) bond motifs is 1. The number of anilines is 2. The van der Waals surface area contributed by atoms with Crippen LogP contribution in [-0.4, -0.2) is 68.1 Å². The number of nitrogens with one attached hydrogen (secondary N) is 4. The van der Waals surface area contributed by atoms with E-state index in [9.17, 15) is 31.5 Å². The number of nitrogens with zero attached hydrogens (tertiary/aromatic N) is 5. The van der Waals surface area contributed by atoms with E-state index in [0.29, 0.717) is 28.9 Å². The molecule has 2 amide bonds. The number of rotatable bonds is 11. The van der Waals surface area contributed by atoms with Gasteiger partial charge in [0, 0.05) is 42.9 Å². The lowest BCUT2D eigenvalue weighted by Gasteiger charge is -2.14. The van der Waals surface area contributed by atoms with Gasteiger partial charge in [-0.15, -0.1) is 0 Å². The van der Waals surface area contributed by atoms with Crippen LogP contribution in [0.3, 0.4) is 0 Å². The highest BCUT2D eigenvalue weighted by atomic mass is 19.4. The van der Waals surface area contributed by atoms with E-state index in [2.05, 4.69) is 36.3 Å². The molecule has 0 saturated carbocycles. The molecule has 1 atom stereocenters. The highest BCUT2D eigenvalue weighted by Crippen LogP contribution is 2.37. The molecular weight excluding hydrogens is 589 g/mol. The SMILES string of the molecule is CCc1cc(Nc2nccn3c(-c4cn(CC(F)F)nc4C(F)(F)F)cnc23)ccc1C(=O)NCCNC(=O)C1CCCN1. The molecule has 0 spiro atoms. The van der Waals surface area contributed by atoms with Gasteiger partial charge in [-0.25, -0.2) is 18.7 Å². The van der Waals surface area contributed by atoms with Crippen molar-refractivity contribution in [2.75, 3.05) is 25.0 Å². The fourth-order valence-corrected chi connectivity index (χ4v) is 5.07. The number of aromatic nitrogens is 5. The van der Waals surface area contributed by atoms with Crippen LogP contribution in [0, 0.1) is 0 Å². The lowest BCUT2D eigenvalue weighted by atomic mass is 10.0. The van der Waals surface area contributed by atoms with Gasteiger partial charge >= 0.3 is 6.18 Å². The Hall–Kier alpha value is -4.60. The van der Waals surface area contributed by atoms with Crippen LogP contribution < -0.4 is 21.3 Å². The molecule has 3 aromatic heterocycles. The molecule has 1 aromatic carbocycles. The summed E-state index contributed by atoms with van der Waals surface area (Å²) < 4.78 is 68.9. The van der Waals surface area contributed by atoms with Crippen LogP contribution in [0.2, 0.25) is 0 Å². The minimum atomic E-state index is -4.88. The van der Waals surface area contributed by atoms with Crippen LogP contribution in [0.25, 0.3) is 16.9 Å². The molecular formula is C28H30F5N9O2. The maximum Gasteiger partial charge on any atom is 0.435 e. The lowest BCUT2D eigenvalue weighted by molar-refractivity contribution is -0.141. The molecule has 0 aliphatic carbocycles. The van der Waals surface area contributed by atoms with Crippen molar-refractivity contribution in [3.63, 3.8) is 0 Å². The summed E-state index contributed by atoms with van der Waals surface area (Å²) in [4.78, 5) is 33.5. The number of halogens is 5. The number of alkyl halides is 5. The Balaban J connectivity index is 1.31. The summed E-state index contributed by atoms with van der Waals surface area (Å²) in [5.41, 5.74) is 0.213. The van der Waals surface area contributed by atoms with Crippen molar-refractivity contribution in [3.8, 4) is 11.3 Å². The van der Waals surface area contributed by atoms with E-state index in [-0.39, 0.29) is 41.6 Å². The average Bonchev–Trinajstić information content (AvgIpc) is 3.75. The lowest BCUT2D eigenvalue weighted by Crippen LogP contribution is -2.43. The van der Waals surface area contributed by atoms with Gasteiger partial charge in [0.2, 0.25) is 5.91 Å². The summed E-state index contributed by atoms with van der Waals surface area (Å²) in [6, 6.07) is 4.86. The number of carbonyl (C=O) groups excluding carboxylic acids is 2. The third kappa shape index (κ3) is 6.79. The van der Waals surface area contributed by atoms with Crippen LogP contribution in [0.1, 0.15) is 41.4 Å². The maximum absolute atomic E-state index is 13.7. The van der Waals surface area contributed by atoms with Crippen molar-refractivity contribution in [2.45, 2.75) is 51.4 Å². The van der Waals surface area contributed by atoms with E-state index < -0.39 is 30.4 Å². The molecule has 5 rings (SSSR count). The first-order valence-corrected chi connectivity index (χ1v) is 14.0. The van der Waals surface area contributed by atoms with Crippen LogP contribution in [0.5, 0.6) is 0 Å². The molecule has 1 aliphatic heterocycles. The van der Waals surface area contributed by atoms with E-state index in [1.807, 2.05) is 6.92 Å². The summed E-state index contributed by atoms with van der Waals surface area (Å²) in [6.07, 6.45) is -0.617. The van der Waals surface area contributed by atoms with Crippen molar-refractivity contribution in [3.05, 3.63) is 59.8 Å². The predicted molar refractivity (Wildman–Crippen MR) is 151 cm³/mol. The zero-order valence-corrected chi connectivity index (χ0v) is 23.6. The van der Waals surface area contributed by atoms with E-state index in [1.165, 1.54) is 23.0 Å². The summed E-state index contributed by atoms with van der Waals surface area (Å²) in [6.45, 7) is 2.26. The number of amides is 2. The van der Waals surface area contributed by atoms with E-state index in [0.717, 1.165) is 31.1 Å². The third-order valence-electron chi connectivity index (χ3n) is 7.14. The third-order valence-corrected chi connectivity index (χ3v) is 7.14. The number of carbonyl (C=O) groups is 2. The zero-order valence-electron chi connectivity index (χ0n) is 23.6. The smallest absolute Gasteiger partial charge is 0.353 e. The van der Waals surface area contributed by atoms with Crippen molar-refractivity contribution in [2.24, 2.45) is 0 Å². The Kier molecular flexibility index (Phi) is 9.08. The minimum Gasteiger partial charge on any atom is -0.353 e. The first kappa shape index (κ1) is 30.8. The van der Waals surface area contributed by atoms with Crippen LogP contribution >= 0.6 is 0 Å². The molecule has 1 fully saturated rings. The van der Waals surface area contributed by atoms with Gasteiger partial charge in [-0.2, -0.15) is 18.3 Å². The number of benzene rings is 1. The van der Waals surface area contributed by atoms with Gasteiger partial charge < -0.3 is 21.3 Å². The van der Waals surface area contributed by atoms with Gasteiger partial charge in [-0.1, -0.05) is 6.92 Å². The van der Waals surface area contributed by atoms with Gasteiger partial charge in [0.1, 0.15) is 6.54 Å². The Morgan fingerprint density at radius 2 is 1.95 bits per heavy atom. The first-order valence-electron chi connectivity index (χ1n) is 14.0. The number of hydrogen-bond donors (Lipinski definition) is 4. The summed E-state index contributed by atoms with van der Waals surface area (Å²) in [7, 11) is 0. The van der Waals surface area contributed by atoms with Gasteiger partial charge in [0.15, 0.2) is 17.2 Å². The van der Waals surface area contributed by atoms with Crippen molar-refractivity contribution in [1.29, 1.82) is 0 Å². The summed E-state index contributed by atoms with van der Waals surface area (Å²) in [5.74, 6) is -0.163. The standard InChI is InChI=1S/C28H30F5N9O2/c1-2-16-12-17(5-6-18(16)26(43)36-8-9-37-27(44)20-4-3-7-34-20)39-24-25-38-13-21(42(25)11-10-35-24)19-14-41(15-22(29)30)40-23(19)28(31,32)33/h5-6,10-14,20,22,34H,2-4,7-9,15H2,1H3,(H,35,39)(H,36,43)(H,37,44). The molecule has 1 saturated heterocycles. The molecule has 234 valence electrons. The molecule has 16 heteroatoms. The quantitative estimate of drug-likeness (QED) is 0.149. The Labute approximate surface area is 248 Å². The highest BCUT2D eigenvalue weighted by molar-refractivity contribution is 5.96. The summed E-state index contributed by atoms with van der Waals surface area (Å²) >= 11 is 0. The van der Waals surface area contributed by atoms with Crippen LogP contribution in [0.4, 0.5) is 33.5 Å². The van der Waals surface area contributed by atoms with Gasteiger partial charge in [0.25, 0.3) is 12.3 Å². The van der Waals surface area contributed by atoms with Crippen molar-refractivity contribution < 1.29 is 31.5 Å². The van der Waals surface area contributed by atoms with E-state index >= 15 is 0 Å². The second kappa shape index (κ2) is 13.0. The zero-order chi connectivity index (χ0) is 31.4. The second-order valence-corrected chi connectivity index (χ2v) is 10.2. The molecule has 4 N–H and O–H groups in total. The summed E-state index contributed by atoms with van der Waals surface area (Å²) in [5, 5.41) is 15.2. The van der Waals surface area contributed by atoms with Crippen LogP contribution in [0.15, 0.2) is 43.0 Å². The normalized spacial score (nSPS) is 15.2. The molecule has 1 aliphatic rings. The van der Waals surface area contributed by atoms with Gasteiger partial charge in [-0.3, -0.25) is 18.7 Å². The Morgan fingerprint density at radius 1 is 1.16 bits per heavy atom. The van der Waals surface area contributed by atoms with Gasteiger partial charge in [0.05, 0.1) is 23.5 Å². The highest BCUT2D eigenvalue weighted by Gasteiger charge is 2.38. The number of imidazole rings is 1. The van der Waals surface area contributed by atoms with E-state index in [4.69, 9.17) is 0 Å². The largest absolute Gasteiger partial charge is 0.435 e. The average molecular weight is 620 g/mol.